The van der Waals surface area contributed by atoms with Crippen LogP contribution in [0.4, 0.5) is 0 Å². The minimum atomic E-state index is -0.116. The molecule has 3 rings (SSSR count). The first kappa shape index (κ1) is 20.3. The lowest BCUT2D eigenvalue weighted by Crippen LogP contribution is -2.04. The van der Waals surface area contributed by atoms with Gasteiger partial charge in [0.2, 0.25) is 0 Å². The molecule has 2 aromatic rings. The summed E-state index contributed by atoms with van der Waals surface area (Å²) < 4.78 is 0. The van der Waals surface area contributed by atoms with Gasteiger partial charge in [-0.25, -0.2) is 0 Å². The molecule has 1 aliphatic rings. The van der Waals surface area contributed by atoms with Crippen molar-refractivity contribution in [2.45, 2.75) is 41.5 Å². The molecule has 27 heavy (non-hydrogen) atoms. The van der Waals surface area contributed by atoms with Crippen molar-refractivity contribution in [3.05, 3.63) is 88.5 Å². The molecule has 0 saturated heterocycles. The lowest BCUT2D eigenvalue weighted by Gasteiger charge is -2.15. The van der Waals surface area contributed by atoms with Crippen LogP contribution in [0.25, 0.3) is 5.57 Å². The van der Waals surface area contributed by atoms with Gasteiger partial charge < -0.3 is 0 Å². The first-order valence-corrected chi connectivity index (χ1v) is 12.6. The summed E-state index contributed by atoms with van der Waals surface area (Å²) in [5.41, 5.74) is 4.44. The van der Waals surface area contributed by atoms with Gasteiger partial charge in [-0.3, -0.25) is 0 Å². The first-order valence-electron chi connectivity index (χ1n) is 9.60. The zero-order chi connectivity index (χ0) is 19.7. The highest BCUT2D eigenvalue weighted by Crippen LogP contribution is 2.85. The van der Waals surface area contributed by atoms with E-state index in [1.54, 1.807) is 10.6 Å². The van der Waals surface area contributed by atoms with Crippen LogP contribution in [0.5, 0.6) is 0 Å². The van der Waals surface area contributed by atoms with Crippen molar-refractivity contribution in [3.63, 3.8) is 0 Å². The fourth-order valence-electron chi connectivity index (χ4n) is 3.39. The standard InChI is InChI=1S/C25H30P2/c1-24(2,3)22-23(25(4,5)6)27(22)26-18-17-21(19-13-9-7-10-14-19)20-15-11-8-12-16-20/h7-18H,1-6H3. The van der Waals surface area contributed by atoms with Crippen molar-refractivity contribution < 1.29 is 0 Å². The van der Waals surface area contributed by atoms with E-state index in [2.05, 4.69) is 114 Å². The van der Waals surface area contributed by atoms with Gasteiger partial charge in [0.25, 0.3) is 0 Å². The van der Waals surface area contributed by atoms with Crippen molar-refractivity contribution in [3.8, 4) is 0 Å². The molecule has 0 amide bonds. The van der Waals surface area contributed by atoms with Crippen LogP contribution in [0.3, 0.4) is 0 Å². The normalized spacial score (nSPS) is 15.3. The van der Waals surface area contributed by atoms with E-state index in [4.69, 9.17) is 0 Å². The predicted octanol–water partition coefficient (Wildman–Crippen LogP) is 8.58. The molecule has 0 atom stereocenters. The number of allylic oxidation sites excluding steroid dienone is 3. The van der Waals surface area contributed by atoms with E-state index in [1.807, 2.05) is 0 Å². The molecular weight excluding hydrogens is 362 g/mol. The molecule has 0 spiro atoms. The van der Waals surface area contributed by atoms with Crippen LogP contribution in [-0.4, -0.2) is 5.80 Å². The first-order chi connectivity index (χ1) is 12.7. The number of hydrogen-bond acceptors (Lipinski definition) is 0. The molecular formula is C25H30P2. The van der Waals surface area contributed by atoms with E-state index in [0.717, 1.165) is 0 Å². The zero-order valence-electron chi connectivity index (χ0n) is 17.3. The molecule has 0 fully saturated rings. The Morgan fingerprint density at radius 2 is 1.11 bits per heavy atom. The van der Waals surface area contributed by atoms with E-state index in [1.165, 1.54) is 24.6 Å². The molecule has 1 aliphatic heterocycles. The van der Waals surface area contributed by atoms with Crippen molar-refractivity contribution in [2.75, 3.05) is 0 Å². The molecule has 140 valence electrons. The average Bonchev–Trinajstić information content (AvgIpc) is 3.36. The third kappa shape index (κ3) is 4.87. The Balaban J connectivity index is 1.90. The molecule has 0 nitrogen and oxygen atoms in total. The third-order valence-corrected chi connectivity index (χ3v) is 9.83. The molecule has 2 heteroatoms. The molecule has 0 saturated carbocycles. The second-order valence-corrected chi connectivity index (χ2v) is 13.0. The van der Waals surface area contributed by atoms with Crippen molar-refractivity contribution in [1.29, 1.82) is 0 Å². The van der Waals surface area contributed by atoms with E-state index >= 15 is 0 Å². The van der Waals surface area contributed by atoms with Gasteiger partial charge in [0.05, 0.1) is 0 Å². The highest BCUT2D eigenvalue weighted by atomic mass is 32.0. The summed E-state index contributed by atoms with van der Waals surface area (Å²) in [6.45, 7) is 14.2. The summed E-state index contributed by atoms with van der Waals surface area (Å²) in [6.07, 6.45) is 2.33. The summed E-state index contributed by atoms with van der Waals surface area (Å²) in [6, 6.07) is 21.4. The molecule has 0 aromatic heterocycles. The predicted molar refractivity (Wildman–Crippen MR) is 126 cm³/mol. The summed E-state index contributed by atoms with van der Waals surface area (Å²) in [5.74, 6) is 2.38. The molecule has 0 bridgehead atoms. The van der Waals surface area contributed by atoms with E-state index in [-0.39, 0.29) is 7.61 Å². The van der Waals surface area contributed by atoms with Gasteiger partial charge in [0, 0.05) is 7.61 Å². The second-order valence-electron chi connectivity index (χ2n) is 9.09. The van der Waals surface area contributed by atoms with Gasteiger partial charge in [-0.15, -0.1) is 0 Å². The van der Waals surface area contributed by atoms with Crippen LogP contribution in [0.2, 0.25) is 0 Å². The quantitative estimate of drug-likeness (QED) is 0.457. The third-order valence-electron chi connectivity index (χ3n) is 4.61. The smallest absolute Gasteiger partial charge is 0.00256 e. The Morgan fingerprint density at radius 3 is 1.48 bits per heavy atom. The maximum Gasteiger partial charge on any atom is 0.00256 e. The molecule has 2 aromatic carbocycles. The maximum atomic E-state index is 2.38. The Morgan fingerprint density at radius 1 is 0.704 bits per heavy atom. The molecule has 0 unspecified atom stereocenters. The van der Waals surface area contributed by atoms with Crippen LogP contribution in [0.1, 0.15) is 52.7 Å². The van der Waals surface area contributed by atoms with Gasteiger partial charge in [-0.2, -0.15) is 0 Å². The summed E-state index contributed by atoms with van der Waals surface area (Å²) in [5, 5.41) is 3.44. The highest BCUT2D eigenvalue weighted by molar-refractivity contribution is 8.28. The van der Waals surface area contributed by atoms with Crippen molar-refractivity contribution in [2.24, 2.45) is 10.8 Å². The molecule has 0 aliphatic carbocycles. The zero-order valence-corrected chi connectivity index (χ0v) is 19.1. The Labute approximate surface area is 167 Å². The van der Waals surface area contributed by atoms with Crippen molar-refractivity contribution in [1.82, 2.24) is 0 Å². The van der Waals surface area contributed by atoms with E-state index in [0.29, 0.717) is 10.8 Å². The monoisotopic (exact) mass is 392 g/mol. The maximum absolute atomic E-state index is 2.38. The Hall–Kier alpha value is -1.48. The second kappa shape index (κ2) is 7.87. The van der Waals surface area contributed by atoms with Gasteiger partial charge in [0.15, 0.2) is 0 Å². The average molecular weight is 392 g/mol. The lowest BCUT2D eigenvalue weighted by molar-refractivity contribution is 0.502. The van der Waals surface area contributed by atoms with Gasteiger partial charge >= 0.3 is 0 Å². The Bertz CT molecular complexity index is 808. The van der Waals surface area contributed by atoms with E-state index < -0.39 is 0 Å². The van der Waals surface area contributed by atoms with Gasteiger partial charge in [0.1, 0.15) is 0 Å². The van der Waals surface area contributed by atoms with Gasteiger partial charge in [-0.1, -0.05) is 110 Å². The summed E-state index contributed by atoms with van der Waals surface area (Å²) >= 11 is 0. The largest absolute Gasteiger partial charge is 0.0667 e. The summed E-state index contributed by atoms with van der Waals surface area (Å²) in [7, 11) is 1.33. The number of hydrogen-bond donors (Lipinski definition) is 0. The van der Waals surface area contributed by atoms with Crippen LogP contribution in [-0.2, 0) is 0 Å². The summed E-state index contributed by atoms with van der Waals surface area (Å²) in [4.78, 5) is 0. The molecule has 0 radical (unpaired) electrons. The fourth-order valence-corrected chi connectivity index (χ4v) is 10.2. The number of rotatable bonds is 4. The fraction of sp³-hybridized carbons (Fsp3) is 0.320. The highest BCUT2D eigenvalue weighted by Gasteiger charge is 2.47. The minimum Gasteiger partial charge on any atom is -0.0667 e. The van der Waals surface area contributed by atoms with Crippen LogP contribution in [0.15, 0.2) is 77.4 Å². The molecule has 1 heterocycles. The molecule has 0 N–H and O–H groups in total. The SMILES string of the molecule is CC(C)(C)C1=C(C(C)(C)C)P1P=CC=C(c1ccccc1)c1ccccc1. The minimum absolute atomic E-state index is 0.116. The number of benzene rings is 2. The van der Waals surface area contributed by atoms with Gasteiger partial charge in [-0.05, 0) is 50.0 Å². The van der Waals surface area contributed by atoms with Crippen LogP contribution in [0, 0.1) is 10.8 Å². The lowest BCUT2D eigenvalue weighted by atomic mass is 9.89. The van der Waals surface area contributed by atoms with Crippen LogP contribution < -0.4 is 0 Å². The van der Waals surface area contributed by atoms with E-state index in [9.17, 15) is 0 Å². The Kier molecular flexibility index (Phi) is 5.90. The van der Waals surface area contributed by atoms with Crippen LogP contribution >= 0.6 is 15.5 Å². The van der Waals surface area contributed by atoms with Crippen molar-refractivity contribution >= 4 is 26.9 Å². The topological polar surface area (TPSA) is 0 Å².